The summed E-state index contributed by atoms with van der Waals surface area (Å²) < 4.78 is 5.71. The summed E-state index contributed by atoms with van der Waals surface area (Å²) in [5, 5.41) is 7.85. The zero-order chi connectivity index (χ0) is 12.7. The maximum atomic E-state index is 5.71. The largest absolute Gasteiger partial charge is 0.339 e. The first-order valence-electron chi connectivity index (χ1n) is 7.93. The zero-order valence-electron chi connectivity index (χ0n) is 11.9. The third kappa shape index (κ3) is 2.17. The summed E-state index contributed by atoms with van der Waals surface area (Å²) in [6.45, 7) is 2.16. The van der Waals surface area contributed by atoms with Crippen molar-refractivity contribution in [2.24, 2.45) is 5.92 Å². The summed E-state index contributed by atoms with van der Waals surface area (Å²) in [7, 11) is 0. The normalized spacial score (nSPS) is 33.9. The molecular weight excluding hydrogens is 274 g/mol. The molecule has 2 atom stereocenters. The first-order valence-corrected chi connectivity index (χ1v) is 7.93. The van der Waals surface area contributed by atoms with Crippen LogP contribution in [0.25, 0.3) is 0 Å². The summed E-state index contributed by atoms with van der Waals surface area (Å²) in [6.07, 6.45) is 10.4. The minimum atomic E-state index is 0. The van der Waals surface area contributed by atoms with Gasteiger partial charge >= 0.3 is 0 Å². The van der Waals surface area contributed by atoms with Gasteiger partial charge in [0.1, 0.15) is 0 Å². The van der Waals surface area contributed by atoms with Gasteiger partial charge in [-0.2, -0.15) is 4.98 Å². The number of nitrogens with zero attached hydrogens (tertiary/aromatic N) is 2. The Hall–Kier alpha value is -0.610. The van der Waals surface area contributed by atoms with Crippen LogP contribution in [0.2, 0.25) is 0 Å². The fourth-order valence-corrected chi connectivity index (χ4v) is 4.46. The first-order chi connectivity index (χ1) is 9.38. The van der Waals surface area contributed by atoms with Crippen molar-refractivity contribution in [3.8, 4) is 0 Å². The molecule has 1 N–H and O–H groups in total. The molecule has 0 aromatic carbocycles. The van der Waals surface area contributed by atoms with Gasteiger partial charge in [0.25, 0.3) is 0 Å². The smallest absolute Gasteiger partial charge is 0.234 e. The van der Waals surface area contributed by atoms with Crippen LogP contribution in [0, 0.1) is 5.92 Å². The molecule has 2 aliphatic carbocycles. The second kappa shape index (κ2) is 5.64. The summed E-state index contributed by atoms with van der Waals surface area (Å²) in [5.74, 6) is 3.19. The van der Waals surface area contributed by atoms with Gasteiger partial charge in [0.05, 0.1) is 5.41 Å². The standard InChI is InChI=1S/C15H23N3O.ClH/c1-2-5-11(6-3-1)13-17-14(19-18-13)15-8-4-7-12(15)9-16-10-15;/h11-12,16H,1-10H2;1H/t12-,15-;/m1./s1. The Morgan fingerprint density at radius 2 is 1.95 bits per heavy atom. The van der Waals surface area contributed by atoms with Gasteiger partial charge in [0, 0.05) is 12.5 Å². The van der Waals surface area contributed by atoms with E-state index in [1.807, 2.05) is 0 Å². The Kier molecular flexibility index (Phi) is 4.04. The minimum Gasteiger partial charge on any atom is -0.339 e. The van der Waals surface area contributed by atoms with Crippen molar-refractivity contribution in [1.82, 2.24) is 15.5 Å². The van der Waals surface area contributed by atoms with Crippen LogP contribution >= 0.6 is 12.4 Å². The van der Waals surface area contributed by atoms with E-state index in [0.29, 0.717) is 11.8 Å². The van der Waals surface area contributed by atoms with Crippen molar-refractivity contribution in [3.63, 3.8) is 0 Å². The van der Waals surface area contributed by atoms with E-state index in [1.165, 1.54) is 51.4 Å². The van der Waals surface area contributed by atoms with Crippen LogP contribution in [0.15, 0.2) is 4.52 Å². The molecule has 5 heteroatoms. The molecule has 1 aromatic heterocycles. The summed E-state index contributed by atoms with van der Waals surface area (Å²) >= 11 is 0. The van der Waals surface area contributed by atoms with Crippen LogP contribution in [0.1, 0.15) is 69.0 Å². The lowest BCUT2D eigenvalue weighted by molar-refractivity contribution is 0.263. The lowest BCUT2D eigenvalue weighted by Crippen LogP contribution is -2.31. The van der Waals surface area contributed by atoms with E-state index in [0.717, 1.165) is 24.8 Å². The molecule has 1 saturated heterocycles. The molecule has 2 saturated carbocycles. The Bertz CT molecular complexity index is 446. The second-order valence-corrected chi connectivity index (χ2v) is 6.67. The van der Waals surface area contributed by atoms with Crippen molar-refractivity contribution < 1.29 is 4.52 Å². The van der Waals surface area contributed by atoms with Gasteiger partial charge in [-0.05, 0) is 38.1 Å². The van der Waals surface area contributed by atoms with Crippen molar-refractivity contribution in [2.45, 2.75) is 62.7 Å². The number of aromatic nitrogens is 2. The Morgan fingerprint density at radius 3 is 2.80 bits per heavy atom. The van der Waals surface area contributed by atoms with Crippen molar-refractivity contribution in [1.29, 1.82) is 0 Å². The van der Waals surface area contributed by atoms with Crippen LogP contribution in [0.4, 0.5) is 0 Å². The number of nitrogens with one attached hydrogen (secondary N) is 1. The van der Waals surface area contributed by atoms with Crippen LogP contribution in [-0.2, 0) is 5.41 Å². The fourth-order valence-electron chi connectivity index (χ4n) is 4.46. The van der Waals surface area contributed by atoms with Crippen molar-refractivity contribution >= 4 is 12.4 Å². The highest BCUT2D eigenvalue weighted by molar-refractivity contribution is 5.85. The van der Waals surface area contributed by atoms with Gasteiger partial charge < -0.3 is 9.84 Å². The summed E-state index contributed by atoms with van der Waals surface area (Å²) in [5.41, 5.74) is 0.167. The van der Waals surface area contributed by atoms with Gasteiger partial charge in [-0.3, -0.25) is 0 Å². The molecule has 4 rings (SSSR count). The highest BCUT2D eigenvalue weighted by Crippen LogP contribution is 2.47. The topological polar surface area (TPSA) is 51.0 Å². The van der Waals surface area contributed by atoms with Gasteiger partial charge in [-0.15, -0.1) is 12.4 Å². The maximum absolute atomic E-state index is 5.71. The van der Waals surface area contributed by atoms with Crippen LogP contribution in [0.5, 0.6) is 0 Å². The van der Waals surface area contributed by atoms with Crippen molar-refractivity contribution in [3.05, 3.63) is 11.7 Å². The number of fused-ring (bicyclic) bond motifs is 1. The van der Waals surface area contributed by atoms with E-state index in [4.69, 9.17) is 9.51 Å². The monoisotopic (exact) mass is 297 g/mol. The molecule has 1 aliphatic heterocycles. The second-order valence-electron chi connectivity index (χ2n) is 6.67. The Labute approximate surface area is 126 Å². The Balaban J connectivity index is 0.00000121. The summed E-state index contributed by atoms with van der Waals surface area (Å²) in [6, 6.07) is 0. The predicted molar refractivity (Wildman–Crippen MR) is 79.3 cm³/mol. The average Bonchev–Trinajstić information content (AvgIpc) is 3.14. The van der Waals surface area contributed by atoms with E-state index in [1.54, 1.807) is 0 Å². The molecule has 0 radical (unpaired) electrons. The Morgan fingerprint density at radius 1 is 1.10 bits per heavy atom. The molecular formula is C15H24ClN3O. The third-order valence-electron chi connectivity index (χ3n) is 5.63. The SMILES string of the molecule is C1CCC(c2noc([C@@]34CCC[C@@H]3CNC4)n2)CC1.Cl. The van der Waals surface area contributed by atoms with E-state index >= 15 is 0 Å². The number of halogens is 1. The molecule has 0 unspecified atom stereocenters. The van der Waals surface area contributed by atoms with E-state index in [9.17, 15) is 0 Å². The molecule has 20 heavy (non-hydrogen) atoms. The molecule has 1 aromatic rings. The molecule has 0 bridgehead atoms. The highest BCUT2D eigenvalue weighted by Gasteiger charge is 2.51. The lowest BCUT2D eigenvalue weighted by Gasteiger charge is -2.23. The average molecular weight is 298 g/mol. The van der Waals surface area contributed by atoms with E-state index in [2.05, 4.69) is 10.5 Å². The maximum Gasteiger partial charge on any atom is 0.234 e. The molecule has 4 nitrogen and oxygen atoms in total. The molecule has 3 fully saturated rings. The molecule has 3 aliphatic rings. The van der Waals surface area contributed by atoms with E-state index in [-0.39, 0.29) is 17.8 Å². The highest BCUT2D eigenvalue weighted by atomic mass is 35.5. The quantitative estimate of drug-likeness (QED) is 0.911. The number of rotatable bonds is 2. The van der Waals surface area contributed by atoms with Gasteiger partial charge in [0.2, 0.25) is 5.89 Å². The fraction of sp³-hybridized carbons (Fsp3) is 0.867. The summed E-state index contributed by atoms with van der Waals surface area (Å²) in [4.78, 5) is 4.83. The molecule has 0 spiro atoms. The lowest BCUT2D eigenvalue weighted by atomic mass is 9.80. The van der Waals surface area contributed by atoms with Crippen molar-refractivity contribution in [2.75, 3.05) is 13.1 Å². The zero-order valence-corrected chi connectivity index (χ0v) is 12.8. The van der Waals surface area contributed by atoms with Crippen LogP contribution in [0.3, 0.4) is 0 Å². The number of hydrogen-bond acceptors (Lipinski definition) is 4. The van der Waals surface area contributed by atoms with Gasteiger partial charge in [-0.1, -0.05) is 30.8 Å². The predicted octanol–water partition coefficient (Wildman–Crippen LogP) is 3.18. The third-order valence-corrected chi connectivity index (χ3v) is 5.63. The number of hydrogen-bond donors (Lipinski definition) is 1. The molecule has 2 heterocycles. The minimum absolute atomic E-state index is 0. The van der Waals surface area contributed by atoms with Gasteiger partial charge in [0.15, 0.2) is 5.82 Å². The molecule has 112 valence electrons. The first kappa shape index (κ1) is 14.3. The van der Waals surface area contributed by atoms with Crippen LogP contribution in [-0.4, -0.2) is 23.2 Å². The molecule has 0 amide bonds. The van der Waals surface area contributed by atoms with Gasteiger partial charge in [-0.25, -0.2) is 0 Å². The van der Waals surface area contributed by atoms with Crippen LogP contribution < -0.4 is 5.32 Å². The van der Waals surface area contributed by atoms with E-state index < -0.39 is 0 Å².